The van der Waals surface area contributed by atoms with Crippen molar-refractivity contribution in [3.63, 3.8) is 0 Å². The Labute approximate surface area is 167 Å². The maximum absolute atomic E-state index is 13.1. The predicted molar refractivity (Wildman–Crippen MR) is 109 cm³/mol. The average Bonchev–Trinajstić information content (AvgIpc) is 3.24. The van der Waals surface area contributed by atoms with E-state index in [1.165, 1.54) is 12.7 Å². The van der Waals surface area contributed by atoms with Crippen molar-refractivity contribution in [2.75, 3.05) is 13.7 Å². The van der Waals surface area contributed by atoms with Gasteiger partial charge in [-0.1, -0.05) is 19.9 Å². The summed E-state index contributed by atoms with van der Waals surface area (Å²) in [4.78, 5) is 31.5. The van der Waals surface area contributed by atoms with Gasteiger partial charge in [-0.05, 0) is 59.0 Å². The van der Waals surface area contributed by atoms with Crippen LogP contribution in [0, 0.1) is 9.49 Å². The molecule has 2 atom stereocenters. The van der Waals surface area contributed by atoms with E-state index < -0.39 is 12.1 Å². The van der Waals surface area contributed by atoms with Crippen molar-refractivity contribution in [3.05, 3.63) is 27.3 Å². The van der Waals surface area contributed by atoms with Gasteiger partial charge in [-0.2, -0.15) is 0 Å². The fraction of sp³-hybridized carbons (Fsp3) is 0.526. The second-order valence-electron chi connectivity index (χ2n) is 7.10. The van der Waals surface area contributed by atoms with Gasteiger partial charge < -0.3 is 15.0 Å². The molecule has 3 rings (SSSR count). The van der Waals surface area contributed by atoms with Gasteiger partial charge in [0.25, 0.3) is 0 Å². The van der Waals surface area contributed by atoms with Gasteiger partial charge in [0.2, 0.25) is 5.91 Å². The Kier molecular flexibility index (Phi) is 5.84. The van der Waals surface area contributed by atoms with Gasteiger partial charge >= 0.3 is 6.09 Å². The van der Waals surface area contributed by atoms with Crippen LogP contribution in [0.15, 0.2) is 23.2 Å². The van der Waals surface area contributed by atoms with E-state index in [2.05, 4.69) is 50.8 Å². The van der Waals surface area contributed by atoms with Crippen LogP contribution in [0.4, 0.5) is 10.5 Å². The summed E-state index contributed by atoms with van der Waals surface area (Å²) in [6, 6.07) is 5.70. The lowest BCUT2D eigenvalue weighted by Gasteiger charge is -2.30. The molecular weight excluding hydrogens is 445 g/mol. The van der Waals surface area contributed by atoms with Gasteiger partial charge in [-0.15, -0.1) is 0 Å². The van der Waals surface area contributed by atoms with E-state index in [0.717, 1.165) is 34.2 Å². The summed E-state index contributed by atoms with van der Waals surface area (Å²) in [6.07, 6.45) is 2.08. The third-order valence-corrected chi connectivity index (χ3v) is 5.67. The van der Waals surface area contributed by atoms with Crippen LogP contribution in [-0.4, -0.2) is 48.4 Å². The average molecular weight is 469 g/mol. The van der Waals surface area contributed by atoms with Crippen LogP contribution < -0.4 is 5.32 Å². The van der Waals surface area contributed by atoms with Crippen LogP contribution in [0.1, 0.15) is 32.3 Å². The van der Waals surface area contributed by atoms with Gasteiger partial charge in [0.15, 0.2) is 0 Å². The Morgan fingerprint density at radius 3 is 2.85 bits per heavy atom. The van der Waals surface area contributed by atoms with Gasteiger partial charge in [0.05, 0.1) is 18.8 Å². The number of fused-ring (bicyclic) bond motifs is 1. The molecule has 1 saturated heterocycles. The number of rotatable bonds is 4. The lowest BCUT2D eigenvalue weighted by atomic mass is 10.00. The van der Waals surface area contributed by atoms with Crippen LogP contribution in [-0.2, 0) is 16.0 Å². The summed E-state index contributed by atoms with van der Waals surface area (Å²) >= 11 is 2.29. The molecule has 2 aliphatic heterocycles. The molecule has 1 aromatic rings. The summed E-state index contributed by atoms with van der Waals surface area (Å²) in [7, 11) is 1.31. The number of likely N-dealkylation sites (tertiary alicyclic amines) is 1. The van der Waals surface area contributed by atoms with Gasteiger partial charge in [0, 0.05) is 22.2 Å². The molecule has 1 aromatic carbocycles. The SMILES string of the molecule is COC(=O)N[C@H](C(=O)N1CCC[C@H]1C1=Nc2cc(I)ccc2C1)C(C)C. The fourth-order valence-electron chi connectivity index (χ4n) is 3.63. The molecule has 140 valence electrons. The molecule has 7 heteroatoms. The molecule has 0 spiro atoms. The molecule has 2 aliphatic rings. The van der Waals surface area contributed by atoms with Crippen LogP contribution >= 0.6 is 22.6 Å². The molecule has 1 fully saturated rings. The Morgan fingerprint density at radius 2 is 2.15 bits per heavy atom. The number of halogens is 1. The number of nitrogens with one attached hydrogen (secondary N) is 1. The summed E-state index contributed by atoms with van der Waals surface area (Å²) in [6.45, 7) is 4.55. The van der Waals surface area contributed by atoms with E-state index in [1.807, 2.05) is 18.7 Å². The van der Waals surface area contributed by atoms with Gasteiger partial charge in [-0.25, -0.2) is 4.79 Å². The van der Waals surface area contributed by atoms with Crippen molar-refractivity contribution in [3.8, 4) is 0 Å². The maximum atomic E-state index is 13.1. The number of aliphatic imine (C=N–C) groups is 1. The molecule has 0 bridgehead atoms. The Balaban J connectivity index is 1.79. The summed E-state index contributed by atoms with van der Waals surface area (Å²) < 4.78 is 5.84. The van der Waals surface area contributed by atoms with E-state index in [-0.39, 0.29) is 17.9 Å². The monoisotopic (exact) mass is 469 g/mol. The minimum atomic E-state index is -0.589. The molecule has 26 heavy (non-hydrogen) atoms. The number of carbonyl (C=O) groups is 2. The fourth-order valence-corrected chi connectivity index (χ4v) is 4.10. The molecule has 0 saturated carbocycles. The maximum Gasteiger partial charge on any atom is 0.407 e. The Morgan fingerprint density at radius 1 is 1.38 bits per heavy atom. The Hall–Kier alpha value is -1.64. The predicted octanol–water partition coefficient (Wildman–Crippen LogP) is 3.29. The number of nitrogens with zero attached hydrogens (tertiary/aromatic N) is 2. The minimum Gasteiger partial charge on any atom is -0.453 e. The van der Waals surface area contributed by atoms with E-state index in [4.69, 9.17) is 4.99 Å². The number of hydrogen-bond donors (Lipinski definition) is 1. The van der Waals surface area contributed by atoms with E-state index >= 15 is 0 Å². The number of hydrogen-bond acceptors (Lipinski definition) is 4. The van der Waals surface area contributed by atoms with Gasteiger partial charge in [-0.3, -0.25) is 9.79 Å². The lowest BCUT2D eigenvalue weighted by Crippen LogP contribution is -2.53. The first-order chi connectivity index (χ1) is 12.4. The van der Waals surface area contributed by atoms with Crippen LogP contribution in [0.5, 0.6) is 0 Å². The highest BCUT2D eigenvalue weighted by Crippen LogP contribution is 2.33. The molecule has 0 aromatic heterocycles. The standard InChI is InChI=1S/C19H24IN3O3/c1-11(2)17(22-19(25)26-3)18(24)23-8-4-5-16(23)15-9-12-6-7-13(20)10-14(12)21-15/h6-7,10-11,16-17H,4-5,8-9H2,1-3H3,(H,22,25)/t16-,17-/m0/s1. The highest BCUT2D eigenvalue weighted by molar-refractivity contribution is 14.1. The number of methoxy groups -OCH3 is 1. The molecular formula is C19H24IN3O3. The van der Waals surface area contributed by atoms with Crippen molar-refractivity contribution < 1.29 is 14.3 Å². The third-order valence-electron chi connectivity index (χ3n) is 4.99. The zero-order chi connectivity index (χ0) is 18.8. The van der Waals surface area contributed by atoms with E-state index in [0.29, 0.717) is 6.54 Å². The molecule has 0 radical (unpaired) electrons. The lowest BCUT2D eigenvalue weighted by molar-refractivity contribution is -0.134. The first kappa shape index (κ1) is 19.1. The number of benzene rings is 1. The second kappa shape index (κ2) is 7.94. The smallest absolute Gasteiger partial charge is 0.407 e. The number of alkyl carbamates (subject to hydrolysis) is 1. The van der Waals surface area contributed by atoms with Crippen molar-refractivity contribution in [1.29, 1.82) is 0 Å². The molecule has 0 unspecified atom stereocenters. The van der Waals surface area contributed by atoms with Crippen molar-refractivity contribution in [2.45, 2.75) is 45.2 Å². The summed E-state index contributed by atoms with van der Waals surface area (Å²) in [5.41, 5.74) is 3.28. The second-order valence-corrected chi connectivity index (χ2v) is 8.35. The minimum absolute atomic E-state index is 0.00765. The first-order valence-corrected chi connectivity index (χ1v) is 9.99. The molecule has 2 heterocycles. The molecule has 0 aliphatic carbocycles. The van der Waals surface area contributed by atoms with Crippen LogP contribution in [0.2, 0.25) is 0 Å². The van der Waals surface area contributed by atoms with Crippen molar-refractivity contribution >= 4 is 46.0 Å². The number of amides is 2. The normalized spacial score (nSPS) is 20.0. The first-order valence-electron chi connectivity index (χ1n) is 8.91. The van der Waals surface area contributed by atoms with Crippen molar-refractivity contribution in [2.24, 2.45) is 10.9 Å². The van der Waals surface area contributed by atoms with E-state index in [1.54, 1.807) is 0 Å². The highest BCUT2D eigenvalue weighted by Gasteiger charge is 2.38. The van der Waals surface area contributed by atoms with Crippen LogP contribution in [0.3, 0.4) is 0 Å². The summed E-state index contributed by atoms with van der Waals surface area (Å²) in [5.74, 6) is -0.0757. The third kappa shape index (κ3) is 3.87. The zero-order valence-electron chi connectivity index (χ0n) is 15.3. The molecule has 2 amide bonds. The quantitative estimate of drug-likeness (QED) is 0.689. The number of ether oxygens (including phenoxy) is 1. The topological polar surface area (TPSA) is 71.0 Å². The van der Waals surface area contributed by atoms with E-state index in [9.17, 15) is 9.59 Å². The number of carbonyl (C=O) groups excluding carboxylic acids is 2. The summed E-state index contributed by atoms with van der Waals surface area (Å²) in [5, 5.41) is 2.69. The molecule has 1 N–H and O–H groups in total. The zero-order valence-corrected chi connectivity index (χ0v) is 17.4. The van der Waals surface area contributed by atoms with Crippen molar-refractivity contribution in [1.82, 2.24) is 10.2 Å². The Bertz CT molecular complexity index is 748. The molecule has 6 nitrogen and oxygen atoms in total. The largest absolute Gasteiger partial charge is 0.453 e. The van der Waals surface area contributed by atoms with Crippen LogP contribution in [0.25, 0.3) is 0 Å². The highest BCUT2D eigenvalue weighted by atomic mass is 127. The van der Waals surface area contributed by atoms with Gasteiger partial charge in [0.1, 0.15) is 6.04 Å².